The van der Waals surface area contributed by atoms with Crippen LogP contribution in [0.25, 0.3) is 0 Å². The topological polar surface area (TPSA) is 76.2 Å². The lowest BCUT2D eigenvalue weighted by atomic mass is 10.2. The van der Waals surface area contributed by atoms with Gasteiger partial charge in [0.2, 0.25) is 5.75 Å². The molecule has 0 aliphatic carbocycles. The van der Waals surface area contributed by atoms with Crippen LogP contribution < -0.4 is 4.74 Å². The minimum absolute atomic E-state index is 0.0493. The van der Waals surface area contributed by atoms with Crippen molar-refractivity contribution >= 4 is 21.6 Å². The first kappa shape index (κ1) is 14.9. The number of halogens is 2. The molecule has 21 heavy (non-hydrogen) atoms. The number of ether oxygens (including phenoxy) is 1. The molecule has 0 saturated carbocycles. The smallest absolute Gasteiger partial charge is 0.312 e. The second-order valence-electron chi connectivity index (χ2n) is 4.00. The normalized spacial score (nSPS) is 9.95. The van der Waals surface area contributed by atoms with Gasteiger partial charge < -0.3 is 4.74 Å². The molecule has 2 aromatic rings. The SMILES string of the molecule is N#Cc1ccc(Oc2cccc(F)c2CBr)c([N+](=O)[O-])c1. The van der Waals surface area contributed by atoms with Gasteiger partial charge in [-0.2, -0.15) is 5.26 Å². The minimum Gasteiger partial charge on any atom is -0.450 e. The van der Waals surface area contributed by atoms with Crippen LogP contribution in [0.3, 0.4) is 0 Å². The zero-order chi connectivity index (χ0) is 15.4. The number of benzene rings is 2. The van der Waals surface area contributed by atoms with Gasteiger partial charge in [0, 0.05) is 17.0 Å². The van der Waals surface area contributed by atoms with E-state index < -0.39 is 10.7 Å². The third kappa shape index (κ3) is 3.17. The number of nitro groups is 1. The summed E-state index contributed by atoms with van der Waals surface area (Å²) in [6, 6.07) is 9.89. The molecule has 2 aromatic carbocycles. The zero-order valence-electron chi connectivity index (χ0n) is 10.5. The molecule has 0 bridgehead atoms. The van der Waals surface area contributed by atoms with Crippen LogP contribution in [0, 0.1) is 27.3 Å². The highest BCUT2D eigenvalue weighted by atomic mass is 79.9. The molecule has 0 radical (unpaired) electrons. The van der Waals surface area contributed by atoms with E-state index in [-0.39, 0.29) is 33.6 Å². The van der Waals surface area contributed by atoms with E-state index in [2.05, 4.69) is 15.9 Å². The molecule has 5 nitrogen and oxygen atoms in total. The highest BCUT2D eigenvalue weighted by molar-refractivity contribution is 9.08. The lowest BCUT2D eigenvalue weighted by Crippen LogP contribution is -1.97. The molecule has 106 valence electrons. The van der Waals surface area contributed by atoms with E-state index in [1.165, 1.54) is 30.3 Å². The third-order valence-corrected chi connectivity index (χ3v) is 3.27. The van der Waals surface area contributed by atoms with Gasteiger partial charge in [-0.25, -0.2) is 4.39 Å². The molecule has 7 heteroatoms. The monoisotopic (exact) mass is 350 g/mol. The number of rotatable bonds is 4. The van der Waals surface area contributed by atoms with Crippen molar-refractivity contribution in [3.05, 3.63) is 63.5 Å². The Kier molecular flexibility index (Phi) is 4.50. The predicted molar refractivity (Wildman–Crippen MR) is 76.9 cm³/mol. The van der Waals surface area contributed by atoms with Crippen LogP contribution in [0.1, 0.15) is 11.1 Å². The van der Waals surface area contributed by atoms with Crippen molar-refractivity contribution in [1.29, 1.82) is 5.26 Å². The summed E-state index contributed by atoms with van der Waals surface area (Å²) in [4.78, 5) is 10.4. The second-order valence-corrected chi connectivity index (χ2v) is 4.56. The van der Waals surface area contributed by atoms with Gasteiger partial charge in [0.05, 0.1) is 16.6 Å². The summed E-state index contributed by atoms with van der Waals surface area (Å²) in [5.41, 5.74) is 0.0593. The maximum atomic E-state index is 13.6. The lowest BCUT2D eigenvalue weighted by molar-refractivity contribution is -0.385. The largest absolute Gasteiger partial charge is 0.450 e. The minimum atomic E-state index is -0.650. The molecule has 0 unspecified atom stereocenters. The van der Waals surface area contributed by atoms with Gasteiger partial charge in [0.15, 0.2) is 0 Å². The van der Waals surface area contributed by atoms with Gasteiger partial charge in [0.1, 0.15) is 11.6 Å². The average Bonchev–Trinajstić information content (AvgIpc) is 2.47. The first-order chi connectivity index (χ1) is 10.1. The molecule has 0 spiro atoms. The second kappa shape index (κ2) is 6.33. The van der Waals surface area contributed by atoms with Gasteiger partial charge in [-0.05, 0) is 24.3 Å². The summed E-state index contributed by atoms with van der Waals surface area (Å²) < 4.78 is 19.1. The van der Waals surface area contributed by atoms with Crippen molar-refractivity contribution in [2.24, 2.45) is 0 Å². The first-order valence-electron chi connectivity index (χ1n) is 5.76. The molecule has 0 saturated heterocycles. The van der Waals surface area contributed by atoms with E-state index in [0.29, 0.717) is 0 Å². The Morgan fingerprint density at radius 3 is 2.71 bits per heavy atom. The van der Waals surface area contributed by atoms with Crippen molar-refractivity contribution in [2.45, 2.75) is 5.33 Å². The maximum Gasteiger partial charge on any atom is 0.312 e. The molecular formula is C14H8BrFN2O3. The Morgan fingerprint density at radius 2 is 2.10 bits per heavy atom. The summed E-state index contributed by atoms with van der Waals surface area (Å²) in [5, 5.41) is 20.0. The molecular weight excluding hydrogens is 343 g/mol. The third-order valence-electron chi connectivity index (χ3n) is 2.71. The first-order valence-corrected chi connectivity index (χ1v) is 6.88. The van der Waals surface area contributed by atoms with Crippen LogP contribution in [-0.2, 0) is 5.33 Å². The van der Waals surface area contributed by atoms with Crippen molar-refractivity contribution in [2.75, 3.05) is 0 Å². The van der Waals surface area contributed by atoms with E-state index in [0.717, 1.165) is 6.07 Å². The number of hydrogen-bond acceptors (Lipinski definition) is 4. The Hall–Kier alpha value is -2.46. The Balaban J connectivity index is 2.47. The molecule has 2 rings (SSSR count). The highest BCUT2D eigenvalue weighted by Gasteiger charge is 2.18. The quantitative estimate of drug-likeness (QED) is 0.468. The van der Waals surface area contributed by atoms with Gasteiger partial charge in [0.25, 0.3) is 0 Å². The van der Waals surface area contributed by atoms with Crippen LogP contribution in [0.2, 0.25) is 0 Å². The fourth-order valence-corrected chi connectivity index (χ4v) is 2.24. The maximum absolute atomic E-state index is 13.6. The standard InChI is InChI=1S/C14H8BrFN2O3/c15-7-10-11(16)2-1-3-13(10)21-14-5-4-9(8-17)6-12(14)18(19)20/h1-6H,7H2. The van der Waals surface area contributed by atoms with Crippen LogP contribution in [-0.4, -0.2) is 4.92 Å². The molecule has 0 aromatic heterocycles. The molecule has 0 aliphatic rings. The fourth-order valence-electron chi connectivity index (χ4n) is 1.70. The molecule has 0 heterocycles. The summed E-state index contributed by atoms with van der Waals surface area (Å²) in [7, 11) is 0. The molecule has 0 amide bonds. The summed E-state index contributed by atoms with van der Waals surface area (Å²) >= 11 is 3.15. The number of nitriles is 1. The Bertz CT molecular complexity index is 743. The average molecular weight is 351 g/mol. The van der Waals surface area contributed by atoms with E-state index in [1.54, 1.807) is 0 Å². The van der Waals surface area contributed by atoms with Gasteiger partial charge in [-0.3, -0.25) is 10.1 Å². The fraction of sp³-hybridized carbons (Fsp3) is 0.0714. The molecule has 0 aliphatic heterocycles. The number of alkyl halides is 1. The van der Waals surface area contributed by atoms with Crippen LogP contribution in [0.15, 0.2) is 36.4 Å². The van der Waals surface area contributed by atoms with E-state index in [4.69, 9.17) is 10.00 Å². The van der Waals surface area contributed by atoms with Gasteiger partial charge >= 0.3 is 5.69 Å². The Morgan fingerprint density at radius 1 is 1.33 bits per heavy atom. The molecule has 0 atom stereocenters. The van der Waals surface area contributed by atoms with Crippen LogP contribution in [0.4, 0.5) is 10.1 Å². The van der Waals surface area contributed by atoms with Crippen LogP contribution >= 0.6 is 15.9 Å². The van der Waals surface area contributed by atoms with Crippen molar-refractivity contribution in [3.8, 4) is 17.6 Å². The summed E-state index contributed by atoms with van der Waals surface area (Å²) in [6.07, 6.45) is 0. The lowest BCUT2D eigenvalue weighted by Gasteiger charge is -2.10. The van der Waals surface area contributed by atoms with E-state index in [9.17, 15) is 14.5 Å². The van der Waals surface area contributed by atoms with Gasteiger partial charge in [-0.15, -0.1) is 0 Å². The molecule has 0 N–H and O–H groups in total. The summed E-state index contributed by atoms with van der Waals surface area (Å²) in [5.74, 6) is -0.341. The predicted octanol–water partition coefficient (Wildman–Crippen LogP) is 4.29. The zero-order valence-corrected chi connectivity index (χ0v) is 12.1. The summed E-state index contributed by atoms with van der Waals surface area (Å²) in [6.45, 7) is 0. The Labute approximate surface area is 127 Å². The number of nitrogens with zero attached hydrogens (tertiary/aromatic N) is 2. The van der Waals surface area contributed by atoms with E-state index >= 15 is 0 Å². The van der Waals surface area contributed by atoms with Crippen LogP contribution in [0.5, 0.6) is 11.5 Å². The van der Waals surface area contributed by atoms with E-state index in [1.807, 2.05) is 6.07 Å². The van der Waals surface area contributed by atoms with Crippen molar-refractivity contribution < 1.29 is 14.1 Å². The van der Waals surface area contributed by atoms with Gasteiger partial charge in [-0.1, -0.05) is 22.0 Å². The number of hydrogen-bond donors (Lipinski definition) is 0. The molecule has 0 fully saturated rings. The highest BCUT2D eigenvalue weighted by Crippen LogP contribution is 2.34. The van der Waals surface area contributed by atoms with Crippen molar-refractivity contribution in [3.63, 3.8) is 0 Å². The van der Waals surface area contributed by atoms with Crippen molar-refractivity contribution in [1.82, 2.24) is 0 Å². The number of nitro benzene ring substituents is 1.